The Morgan fingerprint density at radius 3 is 2.58 bits per heavy atom. The van der Waals surface area contributed by atoms with Gasteiger partial charge in [0.05, 0.1) is 11.1 Å². The summed E-state index contributed by atoms with van der Waals surface area (Å²) >= 11 is 0. The number of aromatic nitrogens is 3. The molecule has 3 rings (SSSR count). The molecule has 2 heterocycles. The van der Waals surface area contributed by atoms with Crippen LogP contribution in [0, 0.1) is 11.3 Å². The molecule has 0 radical (unpaired) electrons. The Morgan fingerprint density at radius 1 is 1.21 bits per heavy atom. The summed E-state index contributed by atoms with van der Waals surface area (Å²) in [6.07, 6.45) is 3.53. The summed E-state index contributed by atoms with van der Waals surface area (Å²) in [5.41, 5.74) is 4.08. The maximum absolute atomic E-state index is 9.48. The van der Waals surface area contributed by atoms with Crippen LogP contribution in [0.2, 0.25) is 0 Å². The third-order valence-corrected chi connectivity index (χ3v) is 3.97. The van der Waals surface area contributed by atoms with Crippen molar-refractivity contribution >= 4 is 28.5 Å². The van der Waals surface area contributed by atoms with Crippen molar-refractivity contribution in [2.75, 3.05) is 18.0 Å². The lowest BCUT2D eigenvalue weighted by Gasteiger charge is -2.20. The van der Waals surface area contributed by atoms with Crippen LogP contribution in [0.25, 0.3) is 22.8 Å². The lowest BCUT2D eigenvalue weighted by atomic mass is 10.1. The van der Waals surface area contributed by atoms with Gasteiger partial charge in [0.25, 0.3) is 0 Å². The van der Waals surface area contributed by atoms with Crippen molar-refractivity contribution in [1.29, 1.82) is 5.26 Å². The summed E-state index contributed by atoms with van der Waals surface area (Å²) in [7, 11) is 0. The molecular formula is C19H19N5. The van der Waals surface area contributed by atoms with Gasteiger partial charge in [0, 0.05) is 25.0 Å². The lowest BCUT2D eigenvalue weighted by Crippen LogP contribution is -2.21. The van der Waals surface area contributed by atoms with Crippen LogP contribution in [-0.4, -0.2) is 28.0 Å². The van der Waals surface area contributed by atoms with Crippen molar-refractivity contribution < 1.29 is 0 Å². The van der Waals surface area contributed by atoms with E-state index in [2.05, 4.69) is 51.9 Å². The minimum Gasteiger partial charge on any atom is -0.372 e. The molecule has 0 aliphatic rings. The van der Waals surface area contributed by atoms with Gasteiger partial charge in [-0.05, 0) is 49.8 Å². The summed E-state index contributed by atoms with van der Waals surface area (Å²) < 4.78 is 0. The van der Waals surface area contributed by atoms with Gasteiger partial charge in [-0.15, -0.1) is 0 Å². The lowest BCUT2D eigenvalue weighted by molar-refractivity contribution is 0.866. The van der Waals surface area contributed by atoms with Crippen LogP contribution < -0.4 is 4.90 Å². The standard InChI is InChI=1S/C19H19N5/c1-3-24(4-2)16-9-7-14(8-10-16)12-15(13-20)18-22-17-6-5-11-21-19(17)23-18/h5-12H,3-4H2,1-2H3,(H,21,22,23)/b15-12+. The zero-order chi connectivity index (χ0) is 16.9. The Morgan fingerprint density at radius 2 is 1.96 bits per heavy atom. The quantitative estimate of drug-likeness (QED) is 0.725. The highest BCUT2D eigenvalue weighted by atomic mass is 15.1. The van der Waals surface area contributed by atoms with E-state index >= 15 is 0 Å². The minimum atomic E-state index is 0.489. The van der Waals surface area contributed by atoms with E-state index in [0.717, 1.165) is 24.2 Å². The van der Waals surface area contributed by atoms with Crippen molar-refractivity contribution in [2.45, 2.75) is 13.8 Å². The van der Waals surface area contributed by atoms with E-state index in [1.54, 1.807) is 6.20 Å². The van der Waals surface area contributed by atoms with E-state index in [0.29, 0.717) is 17.0 Å². The normalized spacial score (nSPS) is 11.5. The number of imidazole rings is 1. The Kier molecular flexibility index (Phi) is 4.57. The molecule has 0 aliphatic heterocycles. The molecule has 120 valence electrons. The fraction of sp³-hybridized carbons (Fsp3) is 0.211. The average Bonchev–Trinajstić information content (AvgIpc) is 3.06. The third kappa shape index (κ3) is 3.13. The number of hydrogen-bond donors (Lipinski definition) is 1. The topological polar surface area (TPSA) is 68.6 Å². The van der Waals surface area contributed by atoms with Crippen molar-refractivity contribution in [3.8, 4) is 6.07 Å². The van der Waals surface area contributed by atoms with E-state index < -0.39 is 0 Å². The third-order valence-electron chi connectivity index (χ3n) is 3.97. The minimum absolute atomic E-state index is 0.489. The van der Waals surface area contributed by atoms with E-state index in [4.69, 9.17) is 0 Å². The van der Waals surface area contributed by atoms with E-state index in [9.17, 15) is 5.26 Å². The Bertz CT molecular complexity index is 862. The summed E-state index contributed by atoms with van der Waals surface area (Å²) in [6, 6.07) is 14.1. The molecule has 1 N–H and O–H groups in total. The number of rotatable bonds is 5. The number of aromatic amines is 1. The number of nitriles is 1. The molecule has 0 fully saturated rings. The number of hydrogen-bond acceptors (Lipinski definition) is 4. The largest absolute Gasteiger partial charge is 0.372 e. The number of nitrogens with one attached hydrogen (secondary N) is 1. The molecule has 0 bridgehead atoms. The van der Waals surface area contributed by atoms with Gasteiger partial charge < -0.3 is 9.88 Å². The average molecular weight is 317 g/mol. The molecule has 0 saturated carbocycles. The van der Waals surface area contributed by atoms with Crippen molar-refractivity contribution in [3.05, 3.63) is 54.0 Å². The van der Waals surface area contributed by atoms with E-state index in [1.165, 1.54) is 5.69 Å². The monoisotopic (exact) mass is 317 g/mol. The maximum Gasteiger partial charge on any atom is 0.178 e. The first-order valence-electron chi connectivity index (χ1n) is 8.03. The van der Waals surface area contributed by atoms with Crippen LogP contribution in [0.4, 0.5) is 5.69 Å². The molecule has 0 aliphatic carbocycles. The van der Waals surface area contributed by atoms with Crippen LogP contribution in [-0.2, 0) is 0 Å². The number of pyridine rings is 1. The van der Waals surface area contributed by atoms with E-state index in [-0.39, 0.29) is 0 Å². The highest BCUT2D eigenvalue weighted by Crippen LogP contribution is 2.20. The van der Waals surface area contributed by atoms with Crippen LogP contribution in [0.3, 0.4) is 0 Å². The highest BCUT2D eigenvalue weighted by Gasteiger charge is 2.08. The van der Waals surface area contributed by atoms with Gasteiger partial charge in [0.15, 0.2) is 11.5 Å². The van der Waals surface area contributed by atoms with Gasteiger partial charge >= 0.3 is 0 Å². The van der Waals surface area contributed by atoms with Crippen molar-refractivity contribution in [2.24, 2.45) is 0 Å². The van der Waals surface area contributed by atoms with E-state index in [1.807, 2.05) is 30.3 Å². The van der Waals surface area contributed by atoms with Crippen molar-refractivity contribution in [3.63, 3.8) is 0 Å². The highest BCUT2D eigenvalue weighted by molar-refractivity contribution is 5.89. The van der Waals surface area contributed by atoms with Gasteiger partial charge in [0.1, 0.15) is 6.07 Å². The maximum atomic E-state index is 9.48. The predicted octanol–water partition coefficient (Wildman–Crippen LogP) is 3.87. The van der Waals surface area contributed by atoms with Crippen LogP contribution in [0.1, 0.15) is 25.2 Å². The van der Waals surface area contributed by atoms with Gasteiger partial charge in [-0.3, -0.25) is 0 Å². The van der Waals surface area contributed by atoms with Crippen molar-refractivity contribution in [1.82, 2.24) is 15.0 Å². The van der Waals surface area contributed by atoms with Gasteiger partial charge in [0.2, 0.25) is 0 Å². The first-order valence-corrected chi connectivity index (χ1v) is 8.03. The summed E-state index contributed by atoms with van der Waals surface area (Å²) in [4.78, 5) is 14.0. The smallest absolute Gasteiger partial charge is 0.178 e. The number of benzene rings is 1. The molecule has 3 aromatic rings. The zero-order valence-electron chi connectivity index (χ0n) is 13.8. The number of nitrogens with zero attached hydrogens (tertiary/aromatic N) is 4. The zero-order valence-corrected chi connectivity index (χ0v) is 13.8. The predicted molar refractivity (Wildman–Crippen MR) is 97.4 cm³/mol. The molecule has 0 atom stereocenters. The molecule has 5 nitrogen and oxygen atoms in total. The van der Waals surface area contributed by atoms with Gasteiger partial charge in [-0.25, -0.2) is 9.97 Å². The Hall–Kier alpha value is -3.13. The summed E-state index contributed by atoms with van der Waals surface area (Å²) in [6.45, 7) is 6.23. The number of allylic oxidation sites excluding steroid dienone is 1. The van der Waals surface area contributed by atoms with Crippen LogP contribution >= 0.6 is 0 Å². The Balaban J connectivity index is 1.91. The van der Waals surface area contributed by atoms with Gasteiger partial charge in [-0.1, -0.05) is 12.1 Å². The molecule has 0 spiro atoms. The molecule has 2 aromatic heterocycles. The first kappa shape index (κ1) is 15.8. The Labute approximate surface area is 141 Å². The second kappa shape index (κ2) is 6.97. The summed E-state index contributed by atoms with van der Waals surface area (Å²) in [5, 5.41) is 9.48. The number of anilines is 1. The molecular weight excluding hydrogens is 298 g/mol. The second-order valence-corrected chi connectivity index (χ2v) is 5.39. The first-order chi connectivity index (χ1) is 11.7. The van der Waals surface area contributed by atoms with Crippen LogP contribution in [0.15, 0.2) is 42.6 Å². The molecule has 0 saturated heterocycles. The molecule has 0 unspecified atom stereocenters. The molecule has 1 aromatic carbocycles. The number of fused-ring (bicyclic) bond motifs is 1. The fourth-order valence-electron chi connectivity index (χ4n) is 2.66. The van der Waals surface area contributed by atoms with Gasteiger partial charge in [-0.2, -0.15) is 5.26 Å². The molecule has 0 amide bonds. The molecule has 24 heavy (non-hydrogen) atoms. The molecule has 5 heteroatoms. The summed E-state index contributed by atoms with van der Waals surface area (Å²) in [5.74, 6) is 0.541. The fourth-order valence-corrected chi connectivity index (χ4v) is 2.66. The second-order valence-electron chi connectivity index (χ2n) is 5.39. The number of H-pyrrole nitrogens is 1. The SMILES string of the molecule is CCN(CC)c1ccc(/C=C(\C#N)c2nc3ncccc3[nH]2)cc1. The van der Waals surface area contributed by atoms with Crippen LogP contribution in [0.5, 0.6) is 0 Å².